The van der Waals surface area contributed by atoms with E-state index < -0.39 is 6.04 Å². The first kappa shape index (κ1) is 32.2. The van der Waals surface area contributed by atoms with Gasteiger partial charge in [0.2, 0.25) is 11.8 Å². The van der Waals surface area contributed by atoms with Crippen LogP contribution in [0.25, 0.3) is 0 Å². The summed E-state index contributed by atoms with van der Waals surface area (Å²) in [6, 6.07) is 27.5. The molecule has 2 atom stereocenters. The summed E-state index contributed by atoms with van der Waals surface area (Å²) in [5.74, 6) is 0.889. The number of likely N-dealkylation sites (N-methyl/N-ethyl adjacent to an activating group) is 1. The van der Waals surface area contributed by atoms with Crippen molar-refractivity contribution in [2.24, 2.45) is 5.92 Å². The minimum Gasteiger partial charge on any atom is -0.489 e. The number of hydrogen-bond donors (Lipinski definition) is 2. The smallest absolute Gasteiger partial charge is 0.243 e. The number of amides is 2. The molecular weight excluding hydrogens is 536 g/mol. The number of benzene rings is 3. The molecule has 1 aliphatic heterocycles. The van der Waals surface area contributed by atoms with Gasteiger partial charge in [-0.1, -0.05) is 86.6 Å². The van der Waals surface area contributed by atoms with Crippen LogP contribution in [0.4, 0.5) is 0 Å². The maximum atomic E-state index is 13.7. The molecule has 2 N–H and O–H groups in total. The van der Waals surface area contributed by atoms with E-state index in [0.29, 0.717) is 18.9 Å². The minimum absolute atomic E-state index is 0.0907. The summed E-state index contributed by atoms with van der Waals surface area (Å²) in [4.78, 5) is 31.5. The van der Waals surface area contributed by atoms with E-state index in [0.717, 1.165) is 55.8 Å². The van der Waals surface area contributed by atoms with Crippen LogP contribution < -0.4 is 15.4 Å². The van der Waals surface area contributed by atoms with Crippen LogP contribution in [0.2, 0.25) is 0 Å². The van der Waals surface area contributed by atoms with Gasteiger partial charge < -0.3 is 15.4 Å². The van der Waals surface area contributed by atoms with Gasteiger partial charge in [0, 0.05) is 32.1 Å². The molecule has 0 bridgehead atoms. The molecule has 1 heterocycles. The number of likely N-dealkylation sites (tertiary alicyclic amines) is 1. The standard InChI is InChI=1S/C36H48N4O3/c1-27(2)23-34(39(3)4)36(42)38-33(24-28-15-17-32(18-16-28)43-26-30-13-9-6-10-14-30)35(41)37-31-19-21-40(22-20-31)25-29-11-7-5-8-12-29/h5-18,27,31,33-34H,19-26H2,1-4H3,(H,37,41)(H,38,42)/t33-,34-/m0/s1. The molecule has 0 radical (unpaired) electrons. The number of ether oxygens (including phenoxy) is 1. The molecule has 0 unspecified atom stereocenters. The second-order valence-electron chi connectivity index (χ2n) is 12.3. The molecule has 7 nitrogen and oxygen atoms in total. The van der Waals surface area contributed by atoms with Crippen LogP contribution in [0.3, 0.4) is 0 Å². The highest BCUT2D eigenvalue weighted by molar-refractivity contribution is 5.90. The summed E-state index contributed by atoms with van der Waals surface area (Å²) in [5.41, 5.74) is 3.38. The number of nitrogens with zero attached hydrogens (tertiary/aromatic N) is 2. The molecule has 1 fully saturated rings. The van der Waals surface area contributed by atoms with Gasteiger partial charge in [0.25, 0.3) is 0 Å². The first-order chi connectivity index (χ1) is 20.8. The third-order valence-electron chi connectivity index (χ3n) is 8.05. The highest BCUT2D eigenvalue weighted by Crippen LogP contribution is 2.18. The van der Waals surface area contributed by atoms with Gasteiger partial charge in [0.15, 0.2) is 0 Å². The number of carbonyl (C=O) groups excluding carboxylic acids is 2. The number of nitrogens with one attached hydrogen (secondary N) is 2. The lowest BCUT2D eigenvalue weighted by Crippen LogP contribution is -2.56. The Bertz CT molecular complexity index is 1260. The highest BCUT2D eigenvalue weighted by Gasteiger charge is 2.30. The van der Waals surface area contributed by atoms with E-state index in [-0.39, 0.29) is 23.9 Å². The first-order valence-corrected chi connectivity index (χ1v) is 15.6. The van der Waals surface area contributed by atoms with Crippen LogP contribution in [-0.2, 0) is 29.2 Å². The minimum atomic E-state index is -0.666. The summed E-state index contributed by atoms with van der Waals surface area (Å²) in [7, 11) is 3.83. The Balaban J connectivity index is 1.38. The Labute approximate surface area is 257 Å². The second-order valence-corrected chi connectivity index (χ2v) is 12.3. The molecule has 3 aromatic rings. The largest absolute Gasteiger partial charge is 0.489 e. The molecule has 4 rings (SSSR count). The molecule has 7 heteroatoms. The van der Waals surface area contributed by atoms with Gasteiger partial charge in [-0.3, -0.25) is 19.4 Å². The first-order valence-electron chi connectivity index (χ1n) is 15.6. The molecule has 2 amide bonds. The molecule has 43 heavy (non-hydrogen) atoms. The maximum absolute atomic E-state index is 13.7. The molecular formula is C36H48N4O3. The van der Waals surface area contributed by atoms with Gasteiger partial charge in [-0.15, -0.1) is 0 Å². The molecule has 0 aromatic heterocycles. The summed E-state index contributed by atoms with van der Waals surface area (Å²) in [6.45, 7) is 7.50. The van der Waals surface area contributed by atoms with E-state index in [1.165, 1.54) is 5.56 Å². The van der Waals surface area contributed by atoms with Crippen LogP contribution >= 0.6 is 0 Å². The Morgan fingerprint density at radius 2 is 1.44 bits per heavy atom. The zero-order valence-corrected chi connectivity index (χ0v) is 26.2. The molecule has 0 spiro atoms. The normalized spacial score (nSPS) is 15.7. The van der Waals surface area contributed by atoms with E-state index in [4.69, 9.17) is 4.74 Å². The van der Waals surface area contributed by atoms with Gasteiger partial charge in [-0.2, -0.15) is 0 Å². The number of carbonyl (C=O) groups is 2. The monoisotopic (exact) mass is 584 g/mol. The van der Waals surface area contributed by atoms with Gasteiger partial charge in [0.05, 0.1) is 6.04 Å². The molecule has 3 aromatic carbocycles. The van der Waals surface area contributed by atoms with Crippen LogP contribution in [0.5, 0.6) is 5.75 Å². The topological polar surface area (TPSA) is 73.9 Å². The predicted octanol–water partition coefficient (Wildman–Crippen LogP) is 5.05. The molecule has 1 aliphatic rings. The van der Waals surface area contributed by atoms with E-state index in [2.05, 4.69) is 53.6 Å². The van der Waals surface area contributed by atoms with E-state index >= 15 is 0 Å². The average Bonchev–Trinajstić information content (AvgIpc) is 3.01. The molecule has 1 saturated heterocycles. The van der Waals surface area contributed by atoms with Crippen molar-refractivity contribution in [3.8, 4) is 5.75 Å². The fraction of sp³-hybridized carbons (Fsp3) is 0.444. The number of piperidine rings is 1. The van der Waals surface area contributed by atoms with Gasteiger partial charge >= 0.3 is 0 Å². The van der Waals surface area contributed by atoms with Crippen LogP contribution in [-0.4, -0.2) is 66.9 Å². The van der Waals surface area contributed by atoms with Crippen molar-refractivity contribution in [3.63, 3.8) is 0 Å². The van der Waals surface area contributed by atoms with Crippen molar-refractivity contribution < 1.29 is 14.3 Å². The van der Waals surface area contributed by atoms with Crippen molar-refractivity contribution in [2.45, 2.75) is 70.8 Å². The van der Waals surface area contributed by atoms with Crippen LogP contribution in [0.15, 0.2) is 84.9 Å². The van der Waals surface area contributed by atoms with Crippen molar-refractivity contribution in [2.75, 3.05) is 27.2 Å². The SMILES string of the molecule is CC(C)C[C@@H](C(=O)N[C@@H](Cc1ccc(OCc2ccccc2)cc1)C(=O)NC1CCN(Cc2ccccc2)CC1)N(C)C. The average molecular weight is 585 g/mol. The van der Waals surface area contributed by atoms with E-state index in [9.17, 15) is 9.59 Å². The zero-order chi connectivity index (χ0) is 30.6. The molecule has 0 aliphatic carbocycles. The Morgan fingerprint density at radius 1 is 0.837 bits per heavy atom. The highest BCUT2D eigenvalue weighted by atomic mass is 16.5. The zero-order valence-electron chi connectivity index (χ0n) is 26.2. The van der Waals surface area contributed by atoms with Crippen molar-refractivity contribution >= 4 is 11.8 Å². The molecule has 0 saturated carbocycles. The third kappa shape index (κ3) is 10.5. The Kier molecular flexibility index (Phi) is 12.2. The number of hydrogen-bond acceptors (Lipinski definition) is 5. The fourth-order valence-corrected chi connectivity index (χ4v) is 5.55. The van der Waals surface area contributed by atoms with Crippen LogP contribution in [0, 0.1) is 5.92 Å². The van der Waals surface area contributed by atoms with Gasteiger partial charge in [-0.25, -0.2) is 0 Å². The summed E-state index contributed by atoms with van der Waals surface area (Å²) < 4.78 is 5.95. The lowest BCUT2D eigenvalue weighted by Gasteiger charge is -2.33. The van der Waals surface area contributed by atoms with E-state index in [1.807, 2.05) is 79.7 Å². The van der Waals surface area contributed by atoms with Crippen molar-refractivity contribution in [1.82, 2.24) is 20.4 Å². The number of rotatable bonds is 14. The third-order valence-corrected chi connectivity index (χ3v) is 8.05. The van der Waals surface area contributed by atoms with Crippen molar-refractivity contribution in [3.05, 3.63) is 102 Å². The van der Waals surface area contributed by atoms with Gasteiger partial charge in [-0.05, 0) is 68.1 Å². The van der Waals surface area contributed by atoms with Crippen LogP contribution in [0.1, 0.15) is 49.8 Å². The fourth-order valence-electron chi connectivity index (χ4n) is 5.55. The summed E-state index contributed by atoms with van der Waals surface area (Å²) in [5, 5.41) is 6.38. The van der Waals surface area contributed by atoms with Crippen molar-refractivity contribution in [1.29, 1.82) is 0 Å². The maximum Gasteiger partial charge on any atom is 0.243 e. The predicted molar refractivity (Wildman–Crippen MR) is 173 cm³/mol. The molecule has 230 valence electrons. The summed E-state index contributed by atoms with van der Waals surface area (Å²) in [6.07, 6.45) is 2.91. The Morgan fingerprint density at radius 3 is 2.02 bits per heavy atom. The summed E-state index contributed by atoms with van der Waals surface area (Å²) >= 11 is 0. The lowest BCUT2D eigenvalue weighted by atomic mass is 9.99. The Hall–Kier alpha value is -3.68. The van der Waals surface area contributed by atoms with Gasteiger partial charge in [0.1, 0.15) is 18.4 Å². The van der Waals surface area contributed by atoms with E-state index in [1.54, 1.807) is 0 Å². The lowest BCUT2D eigenvalue weighted by molar-refractivity contribution is -0.132. The quantitative estimate of drug-likeness (QED) is 0.278. The second kappa shape index (κ2) is 16.2.